The van der Waals surface area contributed by atoms with E-state index < -0.39 is 5.91 Å². The summed E-state index contributed by atoms with van der Waals surface area (Å²) < 4.78 is 0. The maximum absolute atomic E-state index is 12.5. The first-order valence-electron chi connectivity index (χ1n) is 10.9. The minimum absolute atomic E-state index is 0.113. The van der Waals surface area contributed by atoms with Crippen molar-refractivity contribution in [1.82, 2.24) is 10.2 Å². The summed E-state index contributed by atoms with van der Waals surface area (Å²) in [5.74, 6) is -0.339. The van der Waals surface area contributed by atoms with Crippen molar-refractivity contribution < 1.29 is 9.59 Å². The third-order valence-corrected chi connectivity index (χ3v) is 5.85. The van der Waals surface area contributed by atoms with Crippen molar-refractivity contribution in [2.24, 2.45) is 5.73 Å². The molecule has 0 aliphatic carbocycles. The Balaban J connectivity index is 1.70. The average Bonchev–Trinajstić information content (AvgIpc) is 2.78. The number of anilines is 1. The third-order valence-electron chi connectivity index (χ3n) is 5.42. The molecule has 0 bridgehead atoms. The van der Waals surface area contributed by atoms with Gasteiger partial charge in [-0.3, -0.25) is 4.79 Å². The monoisotopic (exact) mass is 498 g/mol. The van der Waals surface area contributed by atoms with Crippen LogP contribution in [0.2, 0.25) is 10.0 Å². The van der Waals surface area contributed by atoms with Crippen LogP contribution in [-0.2, 0) is 0 Å². The molecule has 178 valence electrons. The summed E-state index contributed by atoms with van der Waals surface area (Å²) in [5, 5.41) is 6.63. The van der Waals surface area contributed by atoms with Gasteiger partial charge < -0.3 is 21.3 Å². The molecule has 3 aromatic carbocycles. The first-order valence-corrected chi connectivity index (χ1v) is 11.6. The lowest BCUT2D eigenvalue weighted by Gasteiger charge is -2.21. The molecule has 0 saturated heterocycles. The molecule has 1 unspecified atom stereocenters. The Morgan fingerprint density at radius 3 is 2.24 bits per heavy atom. The molecule has 3 rings (SSSR count). The second-order valence-electron chi connectivity index (χ2n) is 8.35. The maximum Gasteiger partial charge on any atom is 0.319 e. The highest BCUT2D eigenvalue weighted by Gasteiger charge is 2.15. The van der Waals surface area contributed by atoms with E-state index in [-0.39, 0.29) is 11.9 Å². The summed E-state index contributed by atoms with van der Waals surface area (Å²) in [6, 6.07) is 20.0. The molecule has 0 spiro atoms. The number of benzene rings is 3. The number of nitrogens with two attached hydrogens (primary N) is 1. The van der Waals surface area contributed by atoms with E-state index in [0.717, 1.165) is 29.7 Å². The predicted molar refractivity (Wildman–Crippen MR) is 140 cm³/mol. The Morgan fingerprint density at radius 1 is 0.941 bits per heavy atom. The van der Waals surface area contributed by atoms with Crippen molar-refractivity contribution in [1.29, 1.82) is 0 Å². The lowest BCUT2D eigenvalue weighted by molar-refractivity contribution is 0.100. The lowest BCUT2D eigenvalue weighted by atomic mass is 9.93. The minimum atomic E-state index is -0.452. The zero-order valence-electron chi connectivity index (χ0n) is 19.1. The predicted octanol–water partition coefficient (Wildman–Crippen LogP) is 5.62. The van der Waals surface area contributed by atoms with E-state index in [2.05, 4.69) is 27.7 Å². The normalized spacial score (nSPS) is 11.8. The molecular formula is C26H28Cl2N4O2. The van der Waals surface area contributed by atoms with Crippen LogP contribution in [0.25, 0.3) is 11.1 Å². The summed E-state index contributed by atoms with van der Waals surface area (Å²) in [7, 11) is 4.05. The SMILES string of the molecule is CN(C)CCC(CNC(=O)Nc1cc(Cl)cc(Cl)c1)c1ccc(-c2cccc(C(N)=O)c2)cc1. The quantitative estimate of drug-likeness (QED) is 0.357. The summed E-state index contributed by atoms with van der Waals surface area (Å²) in [6.45, 7) is 1.34. The highest BCUT2D eigenvalue weighted by molar-refractivity contribution is 6.35. The van der Waals surface area contributed by atoms with Crippen LogP contribution in [-0.4, -0.2) is 44.0 Å². The third kappa shape index (κ3) is 7.48. The Bertz CT molecular complexity index is 1130. The van der Waals surface area contributed by atoms with Gasteiger partial charge in [0.25, 0.3) is 0 Å². The number of carbonyl (C=O) groups is 2. The number of rotatable bonds is 9. The molecule has 1 atom stereocenters. The fraction of sp³-hybridized carbons (Fsp3) is 0.231. The summed E-state index contributed by atoms with van der Waals surface area (Å²) in [5.41, 5.74) is 9.43. The largest absolute Gasteiger partial charge is 0.366 e. The molecule has 0 aromatic heterocycles. The van der Waals surface area contributed by atoms with Gasteiger partial charge in [-0.25, -0.2) is 4.79 Å². The topological polar surface area (TPSA) is 87.5 Å². The summed E-state index contributed by atoms with van der Waals surface area (Å²) >= 11 is 12.0. The standard InChI is InChI=1S/C26H28Cl2N4O2/c1-32(2)11-10-21(16-30-26(34)31-24-14-22(27)13-23(28)15-24)18-8-6-17(7-9-18)19-4-3-5-20(12-19)25(29)33/h3-9,12-15,21H,10-11,16H2,1-2H3,(H2,29,33)(H2,30,31,34). The molecule has 3 amide bonds. The Labute approximate surface area is 210 Å². The van der Waals surface area contributed by atoms with Gasteiger partial charge >= 0.3 is 6.03 Å². The number of hydrogen-bond donors (Lipinski definition) is 3. The highest BCUT2D eigenvalue weighted by atomic mass is 35.5. The van der Waals surface area contributed by atoms with E-state index in [0.29, 0.717) is 27.8 Å². The van der Waals surface area contributed by atoms with Crippen LogP contribution in [0, 0.1) is 0 Å². The van der Waals surface area contributed by atoms with Crippen LogP contribution >= 0.6 is 23.2 Å². The Morgan fingerprint density at radius 2 is 1.62 bits per heavy atom. The van der Waals surface area contributed by atoms with Gasteiger partial charge in [0.05, 0.1) is 0 Å². The van der Waals surface area contributed by atoms with E-state index in [1.165, 1.54) is 0 Å². The van der Waals surface area contributed by atoms with Gasteiger partial charge in [-0.1, -0.05) is 59.6 Å². The molecule has 34 heavy (non-hydrogen) atoms. The molecule has 0 radical (unpaired) electrons. The Kier molecular flexibility index (Phi) is 8.93. The van der Waals surface area contributed by atoms with Crippen molar-refractivity contribution >= 4 is 40.8 Å². The van der Waals surface area contributed by atoms with Crippen molar-refractivity contribution in [3.63, 3.8) is 0 Å². The minimum Gasteiger partial charge on any atom is -0.366 e. The van der Waals surface area contributed by atoms with E-state index in [1.807, 2.05) is 38.4 Å². The fourth-order valence-corrected chi connectivity index (χ4v) is 4.14. The van der Waals surface area contributed by atoms with Crippen molar-refractivity contribution in [3.8, 4) is 11.1 Å². The molecule has 0 saturated carbocycles. The lowest BCUT2D eigenvalue weighted by Crippen LogP contribution is -2.33. The first kappa shape index (κ1) is 25.6. The fourth-order valence-electron chi connectivity index (χ4n) is 3.62. The zero-order valence-corrected chi connectivity index (χ0v) is 20.7. The number of carbonyl (C=O) groups excluding carboxylic acids is 2. The highest BCUT2D eigenvalue weighted by Crippen LogP contribution is 2.26. The van der Waals surface area contributed by atoms with Gasteiger partial charge in [-0.2, -0.15) is 0 Å². The number of hydrogen-bond acceptors (Lipinski definition) is 3. The van der Waals surface area contributed by atoms with E-state index in [9.17, 15) is 9.59 Å². The molecule has 0 heterocycles. The summed E-state index contributed by atoms with van der Waals surface area (Å²) in [4.78, 5) is 26.1. The number of nitrogens with one attached hydrogen (secondary N) is 2. The molecule has 0 aliphatic heterocycles. The second kappa shape index (κ2) is 11.9. The van der Waals surface area contributed by atoms with E-state index in [4.69, 9.17) is 28.9 Å². The molecule has 6 nitrogen and oxygen atoms in total. The number of primary amides is 1. The number of halogens is 2. The van der Waals surface area contributed by atoms with Gasteiger partial charge in [0.1, 0.15) is 0 Å². The van der Waals surface area contributed by atoms with Gasteiger partial charge in [0, 0.05) is 33.8 Å². The van der Waals surface area contributed by atoms with Crippen LogP contribution < -0.4 is 16.4 Å². The van der Waals surface area contributed by atoms with Crippen LogP contribution in [0.3, 0.4) is 0 Å². The van der Waals surface area contributed by atoms with Gasteiger partial charge in [0.2, 0.25) is 5.91 Å². The molecular weight excluding hydrogens is 471 g/mol. The molecule has 4 N–H and O–H groups in total. The molecule has 0 aliphatic rings. The maximum atomic E-state index is 12.5. The summed E-state index contributed by atoms with van der Waals surface area (Å²) in [6.07, 6.45) is 0.868. The Hall–Kier alpha value is -3.06. The van der Waals surface area contributed by atoms with E-state index >= 15 is 0 Å². The van der Waals surface area contributed by atoms with Gasteiger partial charge in [-0.05, 0) is 74.1 Å². The molecule has 0 fully saturated rings. The number of nitrogens with zero attached hydrogens (tertiary/aromatic N) is 1. The molecule has 8 heteroatoms. The first-order chi connectivity index (χ1) is 16.2. The van der Waals surface area contributed by atoms with E-state index in [1.54, 1.807) is 30.3 Å². The average molecular weight is 499 g/mol. The van der Waals surface area contributed by atoms with Crippen LogP contribution in [0.1, 0.15) is 28.3 Å². The van der Waals surface area contributed by atoms with Crippen LogP contribution in [0.4, 0.5) is 10.5 Å². The second-order valence-corrected chi connectivity index (χ2v) is 9.22. The van der Waals surface area contributed by atoms with Gasteiger partial charge in [-0.15, -0.1) is 0 Å². The van der Waals surface area contributed by atoms with Crippen molar-refractivity contribution in [2.45, 2.75) is 12.3 Å². The zero-order chi connectivity index (χ0) is 24.7. The van der Waals surface area contributed by atoms with Gasteiger partial charge in [0.15, 0.2) is 0 Å². The van der Waals surface area contributed by atoms with Crippen molar-refractivity contribution in [3.05, 3.63) is 87.9 Å². The van der Waals surface area contributed by atoms with Crippen LogP contribution in [0.5, 0.6) is 0 Å². The van der Waals surface area contributed by atoms with Crippen LogP contribution in [0.15, 0.2) is 66.7 Å². The van der Waals surface area contributed by atoms with Crippen molar-refractivity contribution in [2.75, 3.05) is 32.5 Å². The smallest absolute Gasteiger partial charge is 0.319 e. The number of amides is 3. The molecule has 3 aromatic rings. The number of urea groups is 1.